The van der Waals surface area contributed by atoms with Crippen LogP contribution < -0.4 is 28.1 Å². The summed E-state index contributed by atoms with van der Waals surface area (Å²) in [6.07, 6.45) is 7.00. The van der Waals surface area contributed by atoms with Gasteiger partial charge in [-0.25, -0.2) is 9.59 Å². The second kappa shape index (κ2) is 16.9. The second-order valence-corrected chi connectivity index (χ2v) is 13.6. The fraction of sp³-hybridized carbons (Fsp3) is 0.0526. The minimum atomic E-state index is -0.551. The molecule has 0 amide bonds. The molecule has 0 spiro atoms. The van der Waals surface area contributed by atoms with E-state index in [2.05, 4.69) is 0 Å². The summed E-state index contributed by atoms with van der Waals surface area (Å²) in [5, 5.41) is 2.21. The molecule has 14 heteroatoms. The summed E-state index contributed by atoms with van der Waals surface area (Å²) < 4.78 is 26.3. The van der Waals surface area contributed by atoms with E-state index < -0.39 is 11.9 Å². The lowest BCUT2D eigenvalue weighted by atomic mass is 10.1. The number of halogens is 6. The molecule has 0 aliphatic heterocycles. The summed E-state index contributed by atoms with van der Waals surface area (Å²) in [6.45, 7) is -0.173. The molecule has 0 fully saturated rings. The fourth-order valence-electron chi connectivity index (χ4n) is 4.76. The molecule has 2 heterocycles. The van der Waals surface area contributed by atoms with Gasteiger partial charge in [-0.15, -0.1) is 0 Å². The Balaban J connectivity index is 1.05. The number of aromatic nitrogens is 2. The van der Waals surface area contributed by atoms with Crippen LogP contribution in [0.5, 0.6) is 34.5 Å². The quantitative estimate of drug-likeness (QED) is 0.0736. The lowest BCUT2D eigenvalue weighted by Crippen LogP contribution is -2.39. The highest BCUT2D eigenvalue weighted by molar-refractivity contribution is 6.36. The zero-order valence-corrected chi connectivity index (χ0v) is 31.1. The number of hydrogen-bond acceptors (Lipinski definition) is 6. The van der Waals surface area contributed by atoms with Crippen molar-refractivity contribution in [1.29, 1.82) is 0 Å². The second-order valence-electron chi connectivity index (χ2n) is 11.0. The van der Waals surface area contributed by atoms with E-state index in [1.165, 1.54) is 12.1 Å². The topological polar surface area (TPSA) is 78.8 Å². The van der Waals surface area contributed by atoms with Gasteiger partial charge in [0.2, 0.25) is 13.1 Å². The van der Waals surface area contributed by atoms with Crippen molar-refractivity contribution in [2.24, 2.45) is 0 Å². The summed E-state index contributed by atoms with van der Waals surface area (Å²) >= 11 is 36.8. The van der Waals surface area contributed by atoms with Crippen molar-refractivity contribution in [1.82, 2.24) is 0 Å². The van der Waals surface area contributed by atoms with E-state index in [1.54, 1.807) is 94.6 Å². The van der Waals surface area contributed by atoms with E-state index >= 15 is 0 Å². The van der Waals surface area contributed by atoms with Crippen molar-refractivity contribution in [2.75, 3.05) is 0 Å². The molecule has 0 aliphatic carbocycles. The number of rotatable bonds is 11. The van der Waals surface area contributed by atoms with E-state index in [0.29, 0.717) is 41.6 Å². The Kier molecular flexibility index (Phi) is 12.1. The first-order valence-corrected chi connectivity index (χ1v) is 17.5. The van der Waals surface area contributed by atoms with Crippen molar-refractivity contribution >= 4 is 81.5 Å². The summed E-state index contributed by atoms with van der Waals surface area (Å²) in [5.74, 6) is 0.327. The number of pyridine rings is 2. The summed E-state index contributed by atoms with van der Waals surface area (Å²) in [5.41, 5.74) is 1.76. The van der Waals surface area contributed by atoms with Gasteiger partial charge in [0.25, 0.3) is 0 Å². The number of esters is 2. The van der Waals surface area contributed by atoms with Crippen molar-refractivity contribution in [3.05, 3.63) is 152 Å². The van der Waals surface area contributed by atoms with Crippen LogP contribution in [0.2, 0.25) is 30.1 Å². The minimum absolute atomic E-state index is 0.0864. The molecule has 6 rings (SSSR count). The largest absolute Gasteiger partial charge is 0.452 e. The standard InChI is InChI=1S/C38H24Cl6N2O6/c39-25-1-5-31(29(43)17-25)49-33-7-3-27(41)19-35(33)51-37(47)21-45-13-9-23(10-14-45)24-11-15-46(16-12-24)22-38(48)52-36-20-28(42)4-8-34(36)50-32-6-2-26(40)18-30(32)44/h1-20H,21-22H2/q+2. The monoisotopic (exact) mass is 814 g/mol. The minimum Gasteiger partial charge on any atom is -0.452 e. The molecule has 262 valence electrons. The van der Waals surface area contributed by atoms with Crippen LogP contribution in [0.15, 0.2) is 122 Å². The molecule has 6 aromatic rings. The first-order chi connectivity index (χ1) is 25.0. The van der Waals surface area contributed by atoms with Crippen LogP contribution >= 0.6 is 69.6 Å². The zero-order chi connectivity index (χ0) is 36.8. The fourth-order valence-corrected chi connectivity index (χ4v) is 5.98. The van der Waals surface area contributed by atoms with E-state index in [1.807, 2.05) is 24.3 Å². The van der Waals surface area contributed by atoms with Gasteiger partial charge in [-0.2, -0.15) is 9.13 Å². The van der Waals surface area contributed by atoms with E-state index in [9.17, 15) is 9.59 Å². The summed E-state index contributed by atoms with van der Waals surface area (Å²) in [7, 11) is 0. The number of benzene rings is 4. The van der Waals surface area contributed by atoms with Crippen LogP contribution in [0, 0.1) is 0 Å². The molecule has 2 aromatic heterocycles. The van der Waals surface area contributed by atoms with E-state index in [4.69, 9.17) is 88.6 Å². The van der Waals surface area contributed by atoms with Gasteiger partial charge in [0.15, 0.2) is 47.8 Å². The van der Waals surface area contributed by atoms with Crippen molar-refractivity contribution in [3.8, 4) is 45.6 Å². The van der Waals surface area contributed by atoms with Crippen molar-refractivity contribution in [2.45, 2.75) is 13.1 Å². The number of carbonyl (C=O) groups excluding carboxylic acids is 2. The van der Waals surface area contributed by atoms with Crippen LogP contribution in [0.25, 0.3) is 11.1 Å². The summed E-state index contributed by atoms with van der Waals surface area (Å²) in [6, 6.07) is 26.3. The Bertz CT molecular complexity index is 2110. The number of ether oxygens (including phenoxy) is 4. The molecular formula is C38H24Cl6N2O6+2. The highest BCUT2D eigenvalue weighted by Crippen LogP contribution is 2.39. The Morgan fingerprint density at radius 3 is 1.10 bits per heavy atom. The van der Waals surface area contributed by atoms with Gasteiger partial charge in [-0.3, -0.25) is 0 Å². The SMILES string of the molecule is O=C(C[n+]1ccc(-c2cc[n+](CC(=O)Oc3cc(Cl)ccc3Oc3ccc(Cl)cc3Cl)cc2)cc1)Oc1cc(Cl)ccc1Oc1ccc(Cl)cc1Cl. The Morgan fingerprint density at radius 1 is 0.423 bits per heavy atom. The van der Waals surface area contributed by atoms with Crippen LogP contribution in [-0.4, -0.2) is 11.9 Å². The first kappa shape index (κ1) is 37.2. The molecule has 0 aliphatic rings. The molecule has 4 aromatic carbocycles. The van der Waals surface area contributed by atoms with E-state index in [0.717, 1.165) is 11.1 Å². The third kappa shape index (κ3) is 9.86. The molecule has 0 atom stereocenters. The molecule has 52 heavy (non-hydrogen) atoms. The third-order valence-corrected chi connectivity index (χ3v) is 8.76. The van der Waals surface area contributed by atoms with Gasteiger partial charge in [-0.05, 0) is 71.8 Å². The van der Waals surface area contributed by atoms with Gasteiger partial charge in [-0.1, -0.05) is 69.6 Å². The molecule has 0 unspecified atom stereocenters. The normalized spacial score (nSPS) is 10.8. The third-order valence-electron chi connectivity index (χ3n) is 7.23. The van der Waals surface area contributed by atoms with Crippen molar-refractivity contribution in [3.63, 3.8) is 0 Å². The maximum absolute atomic E-state index is 12.9. The lowest BCUT2D eigenvalue weighted by molar-refractivity contribution is -0.685. The van der Waals surface area contributed by atoms with E-state index in [-0.39, 0.29) is 36.1 Å². The molecular weight excluding hydrogens is 793 g/mol. The first-order valence-electron chi connectivity index (χ1n) is 15.2. The van der Waals surface area contributed by atoms with Crippen LogP contribution in [0.1, 0.15) is 0 Å². The number of hydrogen-bond donors (Lipinski definition) is 0. The van der Waals surface area contributed by atoms with Crippen molar-refractivity contribution < 1.29 is 37.7 Å². The maximum atomic E-state index is 12.9. The van der Waals surface area contributed by atoms with Crippen LogP contribution in [-0.2, 0) is 22.7 Å². The molecule has 0 saturated heterocycles. The molecule has 0 saturated carbocycles. The number of nitrogens with zero attached hydrogens (tertiary/aromatic N) is 2. The smallest absolute Gasteiger partial charge is 0.378 e. The van der Waals surface area contributed by atoms with Gasteiger partial charge in [0, 0.05) is 56.5 Å². The molecule has 0 radical (unpaired) electrons. The molecule has 8 nitrogen and oxygen atoms in total. The zero-order valence-electron chi connectivity index (χ0n) is 26.6. The van der Waals surface area contributed by atoms with Crippen LogP contribution in [0.4, 0.5) is 0 Å². The van der Waals surface area contributed by atoms with Crippen LogP contribution in [0.3, 0.4) is 0 Å². The van der Waals surface area contributed by atoms with Gasteiger partial charge >= 0.3 is 11.9 Å². The molecule has 0 bridgehead atoms. The highest BCUT2D eigenvalue weighted by atomic mass is 35.5. The molecule has 0 N–H and O–H groups in total. The Morgan fingerprint density at radius 2 is 0.750 bits per heavy atom. The average Bonchev–Trinajstić information content (AvgIpc) is 3.10. The lowest BCUT2D eigenvalue weighted by Gasteiger charge is -2.12. The maximum Gasteiger partial charge on any atom is 0.378 e. The predicted molar refractivity (Wildman–Crippen MR) is 200 cm³/mol. The highest BCUT2D eigenvalue weighted by Gasteiger charge is 2.19. The Hall–Kier alpha value is -4.54. The Labute approximate surface area is 328 Å². The predicted octanol–water partition coefficient (Wildman–Crippen LogP) is 10.6. The van der Waals surface area contributed by atoms with Gasteiger partial charge < -0.3 is 18.9 Å². The number of carbonyl (C=O) groups is 2. The summed E-state index contributed by atoms with van der Waals surface area (Å²) in [4.78, 5) is 25.8. The average molecular weight is 817 g/mol. The van der Waals surface area contributed by atoms with Gasteiger partial charge in [0.05, 0.1) is 10.0 Å². The van der Waals surface area contributed by atoms with Gasteiger partial charge in [0.1, 0.15) is 11.5 Å².